The molecule has 200 valence electrons. The molecule has 0 saturated carbocycles. The van der Waals surface area contributed by atoms with Gasteiger partial charge >= 0.3 is 5.97 Å². The molecule has 1 saturated heterocycles. The van der Waals surface area contributed by atoms with Crippen LogP contribution in [0.25, 0.3) is 11.3 Å². The number of piperazine rings is 1. The van der Waals surface area contributed by atoms with Gasteiger partial charge in [-0.2, -0.15) is 0 Å². The number of hydrogen-bond acceptors (Lipinski definition) is 6. The van der Waals surface area contributed by atoms with Crippen LogP contribution in [0.4, 0.5) is 0 Å². The standard InChI is InChI=1S/C29H40N4O4/c1-21(2)20-32-16-18-33(19-17-32)28(36)25(14-15-26(34)37-29(3,4)5)31-27(35)24-13-9-12-23(30-24)22-10-7-6-8-11-22/h6-13,21,25H,14-20H2,1-5H3,(H,31,35)/t25-/m0/s1. The molecule has 0 aliphatic carbocycles. The Hall–Kier alpha value is -3.26. The second kappa shape index (κ2) is 12.8. The van der Waals surface area contributed by atoms with Crippen molar-refractivity contribution in [3.63, 3.8) is 0 Å². The number of pyridine rings is 1. The summed E-state index contributed by atoms with van der Waals surface area (Å²) in [7, 11) is 0. The predicted molar refractivity (Wildman–Crippen MR) is 144 cm³/mol. The Labute approximate surface area is 220 Å². The summed E-state index contributed by atoms with van der Waals surface area (Å²) in [5.41, 5.74) is 1.17. The summed E-state index contributed by atoms with van der Waals surface area (Å²) in [6.07, 6.45) is 0.183. The van der Waals surface area contributed by atoms with Crippen molar-refractivity contribution in [1.82, 2.24) is 20.1 Å². The van der Waals surface area contributed by atoms with Gasteiger partial charge in [0.25, 0.3) is 5.91 Å². The van der Waals surface area contributed by atoms with Gasteiger partial charge in [-0.3, -0.25) is 19.3 Å². The number of nitrogens with zero attached hydrogens (tertiary/aromatic N) is 3. The third kappa shape index (κ3) is 8.97. The SMILES string of the molecule is CC(C)CN1CCN(C(=O)[C@H](CCC(=O)OC(C)(C)C)NC(=O)c2cccc(-c3ccccc3)n2)CC1. The Bertz CT molecular complexity index is 1060. The summed E-state index contributed by atoms with van der Waals surface area (Å²) in [6, 6.07) is 14.0. The van der Waals surface area contributed by atoms with E-state index in [2.05, 4.69) is 29.0 Å². The highest BCUT2D eigenvalue weighted by molar-refractivity contribution is 5.96. The first-order chi connectivity index (χ1) is 17.5. The number of amides is 2. The molecular formula is C29H40N4O4. The molecule has 2 aromatic rings. The zero-order valence-electron chi connectivity index (χ0n) is 22.7. The van der Waals surface area contributed by atoms with Gasteiger partial charge in [0.15, 0.2) is 0 Å². The van der Waals surface area contributed by atoms with Crippen LogP contribution in [0.15, 0.2) is 48.5 Å². The molecule has 0 bridgehead atoms. The van der Waals surface area contributed by atoms with Crippen LogP contribution in [0.1, 0.15) is 57.9 Å². The second-order valence-corrected chi connectivity index (χ2v) is 10.9. The molecule has 1 atom stereocenters. The minimum absolute atomic E-state index is 0.0265. The minimum Gasteiger partial charge on any atom is -0.460 e. The molecule has 0 spiro atoms. The number of ether oxygens (including phenoxy) is 1. The average Bonchev–Trinajstić information content (AvgIpc) is 2.85. The van der Waals surface area contributed by atoms with Crippen molar-refractivity contribution in [2.45, 2.75) is 59.1 Å². The van der Waals surface area contributed by atoms with E-state index in [-0.39, 0.29) is 24.4 Å². The second-order valence-electron chi connectivity index (χ2n) is 10.9. The third-order valence-corrected chi connectivity index (χ3v) is 6.02. The lowest BCUT2D eigenvalue weighted by molar-refractivity contribution is -0.155. The molecule has 1 fully saturated rings. The number of benzene rings is 1. The highest BCUT2D eigenvalue weighted by atomic mass is 16.6. The lowest BCUT2D eigenvalue weighted by atomic mass is 10.1. The zero-order chi connectivity index (χ0) is 27.0. The van der Waals surface area contributed by atoms with E-state index < -0.39 is 23.5 Å². The molecule has 8 heteroatoms. The van der Waals surface area contributed by atoms with Gasteiger partial charge < -0.3 is 15.0 Å². The third-order valence-electron chi connectivity index (χ3n) is 6.02. The van der Waals surface area contributed by atoms with Gasteiger partial charge in [0.05, 0.1) is 5.69 Å². The zero-order valence-corrected chi connectivity index (χ0v) is 22.7. The molecule has 1 aromatic heterocycles. The van der Waals surface area contributed by atoms with Crippen molar-refractivity contribution in [3.8, 4) is 11.3 Å². The number of esters is 1. The molecule has 3 rings (SSSR count). The highest BCUT2D eigenvalue weighted by Gasteiger charge is 2.30. The number of carbonyl (C=O) groups is 3. The average molecular weight is 509 g/mol. The molecule has 8 nitrogen and oxygen atoms in total. The Morgan fingerprint density at radius 1 is 0.973 bits per heavy atom. The van der Waals surface area contributed by atoms with E-state index in [0.717, 1.165) is 25.2 Å². The van der Waals surface area contributed by atoms with E-state index in [9.17, 15) is 14.4 Å². The van der Waals surface area contributed by atoms with Crippen LogP contribution in [-0.4, -0.2) is 76.9 Å². The van der Waals surface area contributed by atoms with Gasteiger partial charge in [0.2, 0.25) is 5.91 Å². The molecule has 1 aliphatic heterocycles. The summed E-state index contributed by atoms with van der Waals surface area (Å²) in [4.78, 5) is 47.7. The maximum absolute atomic E-state index is 13.5. The maximum atomic E-state index is 13.5. The van der Waals surface area contributed by atoms with Gasteiger partial charge in [0, 0.05) is 44.7 Å². The van der Waals surface area contributed by atoms with Crippen molar-refractivity contribution in [2.75, 3.05) is 32.7 Å². The maximum Gasteiger partial charge on any atom is 0.306 e. The summed E-state index contributed by atoms with van der Waals surface area (Å²) in [5.74, 6) is -0.466. The molecule has 2 heterocycles. The molecule has 0 unspecified atom stereocenters. The van der Waals surface area contributed by atoms with E-state index in [1.165, 1.54) is 0 Å². The first-order valence-electron chi connectivity index (χ1n) is 13.1. The highest BCUT2D eigenvalue weighted by Crippen LogP contribution is 2.17. The van der Waals surface area contributed by atoms with Crippen LogP contribution < -0.4 is 5.32 Å². The molecule has 2 amide bonds. The smallest absolute Gasteiger partial charge is 0.306 e. The normalized spacial score (nSPS) is 15.4. The fourth-order valence-corrected chi connectivity index (χ4v) is 4.36. The fourth-order valence-electron chi connectivity index (χ4n) is 4.36. The van der Waals surface area contributed by atoms with Crippen molar-refractivity contribution in [3.05, 3.63) is 54.2 Å². The summed E-state index contributed by atoms with van der Waals surface area (Å²) in [6.45, 7) is 13.5. The molecule has 1 aliphatic rings. The molecule has 0 radical (unpaired) electrons. The molecular weight excluding hydrogens is 468 g/mol. The van der Waals surface area contributed by atoms with Gasteiger partial charge in [-0.1, -0.05) is 50.2 Å². The van der Waals surface area contributed by atoms with E-state index in [0.29, 0.717) is 24.7 Å². The first-order valence-corrected chi connectivity index (χ1v) is 13.1. The summed E-state index contributed by atoms with van der Waals surface area (Å²) < 4.78 is 5.42. The lowest BCUT2D eigenvalue weighted by Gasteiger charge is -2.37. The van der Waals surface area contributed by atoms with Gasteiger partial charge in [-0.25, -0.2) is 4.98 Å². The Kier molecular flexibility index (Phi) is 9.80. The van der Waals surface area contributed by atoms with Crippen LogP contribution in [0.5, 0.6) is 0 Å². The Morgan fingerprint density at radius 2 is 1.65 bits per heavy atom. The summed E-state index contributed by atoms with van der Waals surface area (Å²) in [5, 5.41) is 2.86. The topological polar surface area (TPSA) is 91.8 Å². The quantitative estimate of drug-likeness (QED) is 0.519. The van der Waals surface area contributed by atoms with E-state index >= 15 is 0 Å². The van der Waals surface area contributed by atoms with Crippen LogP contribution in [0.2, 0.25) is 0 Å². The Morgan fingerprint density at radius 3 is 2.27 bits per heavy atom. The van der Waals surface area contributed by atoms with Gasteiger partial charge in [0.1, 0.15) is 17.3 Å². The van der Waals surface area contributed by atoms with E-state index in [1.54, 1.807) is 37.8 Å². The van der Waals surface area contributed by atoms with Crippen LogP contribution in [0.3, 0.4) is 0 Å². The lowest BCUT2D eigenvalue weighted by Crippen LogP contribution is -2.55. The van der Waals surface area contributed by atoms with Crippen LogP contribution in [0, 0.1) is 5.92 Å². The van der Waals surface area contributed by atoms with Gasteiger partial charge in [-0.15, -0.1) is 0 Å². The fraction of sp³-hybridized carbons (Fsp3) is 0.517. The Balaban J connectivity index is 1.72. The summed E-state index contributed by atoms with van der Waals surface area (Å²) >= 11 is 0. The van der Waals surface area contributed by atoms with Crippen LogP contribution in [-0.2, 0) is 14.3 Å². The minimum atomic E-state index is -0.848. The number of aromatic nitrogens is 1. The largest absolute Gasteiger partial charge is 0.460 e. The molecule has 1 N–H and O–H groups in total. The monoisotopic (exact) mass is 508 g/mol. The van der Waals surface area contributed by atoms with E-state index in [1.807, 2.05) is 36.4 Å². The first kappa shape index (κ1) is 28.3. The van der Waals surface area contributed by atoms with Gasteiger partial charge in [-0.05, 0) is 45.2 Å². The van der Waals surface area contributed by atoms with Crippen molar-refractivity contribution >= 4 is 17.8 Å². The van der Waals surface area contributed by atoms with Crippen molar-refractivity contribution in [1.29, 1.82) is 0 Å². The molecule has 1 aromatic carbocycles. The predicted octanol–water partition coefficient (Wildman–Crippen LogP) is 3.77. The van der Waals surface area contributed by atoms with E-state index in [4.69, 9.17) is 4.74 Å². The number of hydrogen-bond donors (Lipinski definition) is 1. The molecule has 37 heavy (non-hydrogen) atoms. The van der Waals surface area contributed by atoms with Crippen molar-refractivity contribution in [2.24, 2.45) is 5.92 Å². The number of nitrogens with one attached hydrogen (secondary N) is 1. The number of rotatable bonds is 9. The van der Waals surface area contributed by atoms with Crippen molar-refractivity contribution < 1.29 is 19.1 Å². The number of carbonyl (C=O) groups excluding carboxylic acids is 3. The van der Waals surface area contributed by atoms with Crippen LogP contribution >= 0.6 is 0 Å².